The van der Waals surface area contributed by atoms with Crippen LogP contribution in [0.1, 0.15) is 154 Å². The van der Waals surface area contributed by atoms with Gasteiger partial charge in [-0.1, -0.05) is 123 Å². The van der Waals surface area contributed by atoms with Crippen LogP contribution >= 0.6 is 128 Å². The molecule has 46 heteroatoms. The number of likely N-dealkylation sites (tertiary alicyclic amines) is 3. The van der Waals surface area contributed by atoms with E-state index in [0.29, 0.717) is 144 Å². The molecule has 35 nitrogen and oxygen atoms in total. The quantitative estimate of drug-likeness (QED) is 0.0189. The highest BCUT2D eigenvalue weighted by Crippen LogP contribution is 2.37. The molecule has 8 heterocycles. The number of nitrogen functional groups attached to an aromatic ring is 1. The number of halogens is 11. The maximum Gasteiger partial charge on any atom is 0.233 e. The number of piperidine rings is 3. The number of hydrogen-bond donors (Lipinski definition) is 9. The molecule has 3 saturated carbocycles. The van der Waals surface area contributed by atoms with Crippen LogP contribution in [-0.2, 0) is 0 Å². The molecule has 0 radical (unpaired) electrons. The van der Waals surface area contributed by atoms with Gasteiger partial charge < -0.3 is 101 Å². The molecule has 16 rings (SSSR count). The van der Waals surface area contributed by atoms with Gasteiger partial charge in [-0.25, -0.2) is 0 Å². The molecular formula is C93H128Cl11N29O6. The van der Waals surface area contributed by atoms with Crippen LogP contribution in [0.25, 0.3) is 0 Å². The van der Waals surface area contributed by atoms with E-state index in [-0.39, 0.29) is 50.1 Å². The molecule has 6 fully saturated rings. The van der Waals surface area contributed by atoms with Gasteiger partial charge in [0.25, 0.3) is 0 Å². The van der Waals surface area contributed by atoms with Crippen LogP contribution in [0.4, 0.5) is 82.0 Å². The van der Waals surface area contributed by atoms with Crippen LogP contribution in [0.5, 0.6) is 34.5 Å². The zero-order chi connectivity index (χ0) is 99.0. The van der Waals surface area contributed by atoms with Crippen LogP contribution in [-0.4, -0.2) is 250 Å². The molecule has 10 N–H and O–H groups in total. The Kier molecular flexibility index (Phi) is 48.8. The smallest absolute Gasteiger partial charge is 0.233 e. The van der Waals surface area contributed by atoms with E-state index in [2.05, 4.69) is 154 Å². The van der Waals surface area contributed by atoms with E-state index in [4.69, 9.17) is 180 Å². The number of aromatic nitrogens is 15. The third-order valence-corrected chi connectivity index (χ3v) is 26.0. The van der Waals surface area contributed by atoms with Gasteiger partial charge in [-0.3, -0.25) is 0 Å². The van der Waals surface area contributed by atoms with Crippen LogP contribution in [0.15, 0.2) is 91.0 Å². The van der Waals surface area contributed by atoms with Gasteiger partial charge in [0.15, 0.2) is 11.5 Å². The molecule has 10 aromatic rings. The van der Waals surface area contributed by atoms with E-state index in [1.807, 2.05) is 42.5 Å². The summed E-state index contributed by atoms with van der Waals surface area (Å²) in [6, 6.07) is 29.7. The summed E-state index contributed by atoms with van der Waals surface area (Å²) in [5.74, 6) is 8.59. The molecule has 0 spiro atoms. The summed E-state index contributed by atoms with van der Waals surface area (Å²) >= 11 is 58.1. The first-order valence-electron chi connectivity index (χ1n) is 46.2. The lowest BCUT2D eigenvalue weighted by molar-refractivity contribution is 0.240. The van der Waals surface area contributed by atoms with Gasteiger partial charge in [-0.05, 0) is 299 Å². The van der Waals surface area contributed by atoms with E-state index >= 15 is 0 Å². The Morgan fingerprint density at radius 3 is 0.820 bits per heavy atom. The molecule has 0 atom stereocenters. The van der Waals surface area contributed by atoms with Gasteiger partial charge in [0.2, 0.25) is 85.2 Å². The van der Waals surface area contributed by atoms with Crippen molar-refractivity contribution in [2.75, 3.05) is 177 Å². The average molecular weight is 2140 g/mol. The summed E-state index contributed by atoms with van der Waals surface area (Å²) in [5, 5.41) is 28.7. The predicted octanol–water partition coefficient (Wildman–Crippen LogP) is 22.4. The molecule has 0 unspecified atom stereocenters. The number of methoxy groups -OCH3 is 6. The fourth-order valence-electron chi connectivity index (χ4n) is 16.0. The number of ether oxygens (including phenoxy) is 6. The molecular weight excluding hydrogens is 2010 g/mol. The minimum absolute atomic E-state index is 0. The minimum atomic E-state index is 0. The fraction of sp³-hybridized carbons (Fsp3) is 0.516. The third kappa shape index (κ3) is 39.0. The summed E-state index contributed by atoms with van der Waals surface area (Å²) in [6.45, 7) is 6.86. The van der Waals surface area contributed by atoms with Gasteiger partial charge in [-0.15, -0.1) is 12.4 Å². The number of hydrogen-bond acceptors (Lipinski definition) is 35. The molecule has 5 aromatic heterocycles. The monoisotopic (exact) mass is 2130 g/mol. The summed E-state index contributed by atoms with van der Waals surface area (Å²) in [7, 11) is 22.3. The van der Waals surface area contributed by atoms with E-state index in [1.54, 1.807) is 91.2 Å². The van der Waals surface area contributed by atoms with Gasteiger partial charge in [0.1, 0.15) is 23.0 Å². The van der Waals surface area contributed by atoms with Crippen molar-refractivity contribution in [1.82, 2.24) is 94.8 Å². The van der Waals surface area contributed by atoms with Crippen molar-refractivity contribution >= 4 is 210 Å². The number of anilines is 14. The lowest BCUT2D eigenvalue weighted by Crippen LogP contribution is -2.42. The molecule has 6 aliphatic rings. The first kappa shape index (κ1) is 114. The molecule has 758 valence electrons. The Hall–Kier alpha value is -9.02. The maximum atomic E-state index is 6.32. The van der Waals surface area contributed by atoms with Gasteiger partial charge in [0.05, 0.1) is 62.7 Å². The van der Waals surface area contributed by atoms with Crippen molar-refractivity contribution in [3.8, 4) is 34.5 Å². The van der Waals surface area contributed by atoms with Crippen molar-refractivity contribution < 1.29 is 28.4 Å². The second-order valence-corrected chi connectivity index (χ2v) is 37.5. The summed E-state index contributed by atoms with van der Waals surface area (Å²) in [5.41, 5.74) is 9.23. The van der Waals surface area contributed by atoms with Gasteiger partial charge in [-0.2, -0.15) is 74.8 Å². The molecule has 3 aliphatic heterocycles. The maximum absolute atomic E-state index is 6.32. The van der Waals surface area contributed by atoms with E-state index in [9.17, 15) is 0 Å². The first-order valence-corrected chi connectivity index (χ1v) is 49.9. The molecule has 5 aromatic carbocycles. The van der Waals surface area contributed by atoms with Crippen LogP contribution < -0.4 is 86.5 Å². The van der Waals surface area contributed by atoms with Crippen molar-refractivity contribution in [1.29, 1.82) is 0 Å². The summed E-state index contributed by atoms with van der Waals surface area (Å²) in [4.78, 5) is 74.7. The van der Waals surface area contributed by atoms with Gasteiger partial charge in [0, 0.05) is 84.8 Å². The third-order valence-electron chi connectivity index (χ3n) is 23.8. The largest absolute Gasteiger partial charge is 0.495 e. The topological polar surface area (TPSA) is 387 Å². The zero-order valence-electron chi connectivity index (χ0n) is 80.5. The van der Waals surface area contributed by atoms with Crippen LogP contribution in [0.2, 0.25) is 51.8 Å². The Bertz CT molecular complexity index is 5150. The normalized spacial score (nSPS) is 15.9. The highest BCUT2D eigenvalue weighted by Gasteiger charge is 2.28. The highest BCUT2D eigenvalue weighted by atomic mass is 35.5. The number of nitrogens with one attached hydrogen (secondary N) is 8. The highest BCUT2D eigenvalue weighted by molar-refractivity contribution is 6.35. The number of nitrogens with zero attached hydrogens (tertiary/aromatic N) is 20. The standard InChI is InChI=1S/2C24H36ClN7O.C17H21Cl2N5O.C10H7Cl3N4O.C8H11NO2.C7H16N2.C3Cl3N3.ClH/c2*1-31-14-12-19(13-15-31)32(2)24-29-22(26-17-8-6-4-5-7-9-17)28-23(30-24)27-18-10-11-21(33-3)20(25)16-18;1-25-14-9-8-12(10-13(14)18)21-17-23-15(19)22-16(24-17)20-11-6-4-2-3-5-7-11;1-18-7-3-2-5(4-6(7)11)14-10-16-8(12)15-9(13)17-10;1-10-7-4-3-6(9)5-8(7)11-2;1-8-7-3-5-9(2)6-4-7;4-1-7-2(5)9-3(6)8-1;/h2*10-11,16-17,19H,4-9,12-15H2,1-3H3,(H2,26,27,28,29,30);8-11H,2-7H2,1H3,(H2,20,21,22,23,24);2-4H,1H3,(H,14,15,16,17);3-5H,9H2,1-2H3;7-8H,3-6H2,1-2H3;;1H. The molecule has 3 aliphatic carbocycles. The lowest BCUT2D eigenvalue weighted by Gasteiger charge is -2.35. The number of rotatable bonds is 25. The van der Waals surface area contributed by atoms with Crippen LogP contribution in [0, 0.1) is 0 Å². The Morgan fingerprint density at radius 2 is 0.532 bits per heavy atom. The first-order chi connectivity index (χ1) is 66.5. The van der Waals surface area contributed by atoms with Crippen molar-refractivity contribution in [3.05, 3.63) is 143 Å². The zero-order valence-corrected chi connectivity index (χ0v) is 88.9. The molecule has 3 saturated heterocycles. The fourth-order valence-corrected chi connectivity index (χ4v) is 18.2. The molecule has 0 bridgehead atoms. The van der Waals surface area contributed by atoms with Crippen molar-refractivity contribution in [2.45, 2.75) is 190 Å². The predicted molar refractivity (Wildman–Crippen MR) is 568 cm³/mol. The van der Waals surface area contributed by atoms with E-state index in [1.165, 1.54) is 103 Å². The number of benzene rings is 5. The summed E-state index contributed by atoms with van der Waals surface area (Å²) in [6.07, 6.45) is 29.2. The second kappa shape index (κ2) is 59.8. The van der Waals surface area contributed by atoms with Crippen LogP contribution in [0.3, 0.4) is 0 Å². The van der Waals surface area contributed by atoms with E-state index < -0.39 is 0 Å². The van der Waals surface area contributed by atoms with E-state index in [0.717, 1.165) is 113 Å². The summed E-state index contributed by atoms with van der Waals surface area (Å²) < 4.78 is 30.8. The Balaban J connectivity index is 0.000000191. The minimum Gasteiger partial charge on any atom is -0.495 e. The van der Waals surface area contributed by atoms with Crippen molar-refractivity contribution in [3.63, 3.8) is 0 Å². The Morgan fingerprint density at radius 1 is 0.288 bits per heavy atom. The number of nitrogens with two attached hydrogens (primary N) is 1. The average Bonchev–Trinajstić information content (AvgIpc) is 1.10. The second-order valence-electron chi connectivity index (χ2n) is 33.8. The van der Waals surface area contributed by atoms with Crippen molar-refractivity contribution in [2.24, 2.45) is 0 Å². The Labute approximate surface area is 871 Å². The SMILES string of the molecule is CNC1CCN(C)CC1.COc1ccc(N)cc1OC.COc1ccc(Nc2nc(Cl)nc(Cl)n2)cc1Cl.COc1ccc(Nc2nc(Cl)nc(NC3CCCCCC3)n2)cc1Cl.COc1ccc(Nc2nc(NC3CCCCCC3)nc(N(C)C3CCN(C)CC3)n2)cc1Cl.COc1ccc(Nc2nc(NC3CCCCCC3)nc(N(C)C3CCN(C)CC3)n2)cc1Cl.Cl.Clc1nc(Cl)nc(Cl)n1. The molecule has 139 heavy (non-hydrogen) atoms. The lowest BCUT2D eigenvalue weighted by atomic mass is 10.0. The van der Waals surface area contributed by atoms with Gasteiger partial charge >= 0.3 is 0 Å². The molecule has 0 amide bonds.